The maximum atomic E-state index is 12.8. The maximum Gasteiger partial charge on any atom is 0.289 e. The van der Waals surface area contributed by atoms with Crippen LogP contribution >= 0.6 is 11.3 Å². The van der Waals surface area contributed by atoms with Crippen molar-refractivity contribution in [2.45, 2.75) is 25.4 Å². The van der Waals surface area contributed by atoms with Crippen molar-refractivity contribution < 1.29 is 9.90 Å². The molecule has 1 aliphatic heterocycles. The average Bonchev–Trinajstić information content (AvgIpc) is 3.06. The molecule has 0 aliphatic carbocycles. The number of hydrogen-bond acceptors (Lipinski definition) is 5. The molecule has 0 saturated carbocycles. The number of aliphatic hydroxyl groups excluding tert-OH is 1. The van der Waals surface area contributed by atoms with E-state index >= 15 is 0 Å². The Bertz CT molecular complexity index is 1030. The van der Waals surface area contributed by atoms with Gasteiger partial charge in [-0.2, -0.15) is 0 Å². The lowest BCUT2D eigenvalue weighted by Gasteiger charge is -2.35. The van der Waals surface area contributed by atoms with Crippen molar-refractivity contribution in [3.05, 3.63) is 62.3 Å². The van der Waals surface area contributed by atoms with E-state index in [-0.39, 0.29) is 29.8 Å². The van der Waals surface area contributed by atoms with Crippen molar-refractivity contribution >= 4 is 28.1 Å². The Morgan fingerprint density at radius 2 is 2.15 bits per heavy atom. The van der Waals surface area contributed by atoms with E-state index in [1.807, 2.05) is 18.4 Å². The van der Waals surface area contributed by atoms with Crippen molar-refractivity contribution in [2.75, 3.05) is 13.1 Å². The molecule has 2 N–H and O–H groups in total. The zero-order chi connectivity index (χ0) is 18.3. The fourth-order valence-corrected chi connectivity index (χ4v) is 4.65. The smallest absolute Gasteiger partial charge is 0.289 e. The molecule has 3 aromatic rings. The van der Waals surface area contributed by atoms with E-state index in [0.29, 0.717) is 23.9 Å². The number of nitrogens with one attached hydrogen (secondary N) is 1. The van der Waals surface area contributed by atoms with Gasteiger partial charge < -0.3 is 15.0 Å². The van der Waals surface area contributed by atoms with Crippen LogP contribution in [0, 0.1) is 6.92 Å². The molecule has 3 heterocycles. The molecule has 7 heteroatoms. The maximum absolute atomic E-state index is 12.8. The topological polar surface area (TPSA) is 86.3 Å². The number of fused-ring (bicyclic) bond motifs is 1. The summed E-state index contributed by atoms with van der Waals surface area (Å²) >= 11 is 1.65. The van der Waals surface area contributed by atoms with Crippen LogP contribution in [-0.4, -0.2) is 45.1 Å². The number of β-amino-alcohol motifs (C(OH)–C–C–N with tert-alkyl or cyclic N) is 1. The number of likely N-dealkylation sites (tertiary alicyclic amines) is 1. The largest absolute Gasteiger partial charge is 0.391 e. The molecule has 6 nitrogen and oxygen atoms in total. The normalized spacial score (nSPS) is 20.5. The molecule has 0 bridgehead atoms. The van der Waals surface area contributed by atoms with Gasteiger partial charge in [-0.25, -0.2) is 4.98 Å². The third-order valence-corrected chi connectivity index (χ3v) is 6.07. The second-order valence-electron chi connectivity index (χ2n) is 6.61. The van der Waals surface area contributed by atoms with Crippen molar-refractivity contribution in [3.63, 3.8) is 0 Å². The molecule has 134 valence electrons. The second-order valence-corrected chi connectivity index (χ2v) is 7.56. The van der Waals surface area contributed by atoms with Crippen LogP contribution in [0.4, 0.5) is 0 Å². The van der Waals surface area contributed by atoms with Gasteiger partial charge in [-0.05, 0) is 42.5 Å². The predicted molar refractivity (Wildman–Crippen MR) is 101 cm³/mol. The number of H-pyrrole nitrogens is 1. The Labute approximate surface area is 154 Å². The molecule has 0 radical (unpaired) electrons. The number of amides is 1. The molecule has 2 atom stereocenters. The number of aromatic amines is 1. The zero-order valence-corrected chi connectivity index (χ0v) is 15.1. The first kappa shape index (κ1) is 16.9. The standard InChI is InChI=1S/C19H19N3O3S/c1-11-7-9-26-16(11)13-6-8-22(10-15(13)23)19(25)17-20-14-5-3-2-4-12(14)18(24)21-17/h2-5,7,9,13,15,23H,6,8,10H2,1H3,(H,20,21,24)/t13-,15-/m1/s1. The molecule has 26 heavy (non-hydrogen) atoms. The number of hydrogen-bond donors (Lipinski definition) is 2. The quantitative estimate of drug-likeness (QED) is 0.726. The number of carbonyl (C=O) groups is 1. The van der Waals surface area contributed by atoms with Gasteiger partial charge in [-0.15, -0.1) is 11.3 Å². The Balaban J connectivity index is 1.57. The lowest BCUT2D eigenvalue weighted by molar-refractivity contribution is 0.0378. The first-order valence-corrected chi connectivity index (χ1v) is 9.43. The molecule has 1 amide bonds. The third-order valence-electron chi connectivity index (χ3n) is 4.92. The Morgan fingerprint density at radius 3 is 2.88 bits per heavy atom. The summed E-state index contributed by atoms with van der Waals surface area (Å²) in [4.78, 5) is 34.6. The minimum atomic E-state index is -0.628. The number of aromatic nitrogens is 2. The number of benzene rings is 1. The highest BCUT2D eigenvalue weighted by Crippen LogP contribution is 2.34. The predicted octanol–water partition coefficient (Wildman–Crippen LogP) is 2.28. The molecular formula is C19H19N3O3S. The van der Waals surface area contributed by atoms with Crippen molar-refractivity contribution in [3.8, 4) is 0 Å². The van der Waals surface area contributed by atoms with Crippen LogP contribution in [0.5, 0.6) is 0 Å². The number of nitrogens with zero attached hydrogens (tertiary/aromatic N) is 2. The number of para-hydroxylation sites is 1. The molecule has 0 spiro atoms. The van der Waals surface area contributed by atoms with Crippen LogP contribution in [0.15, 0.2) is 40.5 Å². The summed E-state index contributed by atoms with van der Waals surface area (Å²) in [5, 5.41) is 13.1. The van der Waals surface area contributed by atoms with Crippen LogP contribution in [0.25, 0.3) is 10.9 Å². The van der Waals surface area contributed by atoms with E-state index in [9.17, 15) is 14.7 Å². The van der Waals surface area contributed by atoms with Gasteiger partial charge >= 0.3 is 0 Å². The minimum absolute atomic E-state index is 0.0201. The van der Waals surface area contributed by atoms with E-state index in [0.717, 1.165) is 0 Å². The lowest BCUT2D eigenvalue weighted by atomic mass is 9.90. The molecule has 0 unspecified atom stereocenters. The van der Waals surface area contributed by atoms with E-state index in [1.54, 1.807) is 40.5 Å². The Morgan fingerprint density at radius 1 is 1.35 bits per heavy atom. The summed E-state index contributed by atoms with van der Waals surface area (Å²) in [7, 11) is 0. The minimum Gasteiger partial charge on any atom is -0.391 e. The lowest BCUT2D eigenvalue weighted by Crippen LogP contribution is -2.46. The Kier molecular flexibility index (Phi) is 4.34. The van der Waals surface area contributed by atoms with Crippen molar-refractivity contribution in [1.29, 1.82) is 0 Å². The fourth-order valence-electron chi connectivity index (χ4n) is 3.52. The number of aliphatic hydroxyl groups is 1. The monoisotopic (exact) mass is 369 g/mol. The van der Waals surface area contributed by atoms with Crippen LogP contribution < -0.4 is 5.56 Å². The zero-order valence-electron chi connectivity index (χ0n) is 14.3. The highest BCUT2D eigenvalue weighted by Gasteiger charge is 2.33. The van der Waals surface area contributed by atoms with E-state index in [2.05, 4.69) is 9.97 Å². The molecule has 1 fully saturated rings. The van der Waals surface area contributed by atoms with Crippen LogP contribution in [-0.2, 0) is 0 Å². The number of thiophene rings is 1. The first-order chi connectivity index (χ1) is 12.5. The highest BCUT2D eigenvalue weighted by atomic mass is 32.1. The van der Waals surface area contributed by atoms with Gasteiger partial charge in [-0.3, -0.25) is 9.59 Å². The second kappa shape index (κ2) is 6.66. The third kappa shape index (κ3) is 2.93. The average molecular weight is 369 g/mol. The SMILES string of the molecule is Cc1ccsc1[C@@H]1CCN(C(=O)c2nc3ccccc3c(=O)[nH]2)C[C@H]1O. The van der Waals surface area contributed by atoms with Gasteiger partial charge in [0.25, 0.3) is 11.5 Å². The van der Waals surface area contributed by atoms with Crippen LogP contribution in [0.1, 0.15) is 33.4 Å². The highest BCUT2D eigenvalue weighted by molar-refractivity contribution is 7.10. The van der Waals surface area contributed by atoms with Gasteiger partial charge in [0.05, 0.1) is 17.0 Å². The molecule has 4 rings (SSSR count). The van der Waals surface area contributed by atoms with Crippen LogP contribution in [0.2, 0.25) is 0 Å². The summed E-state index contributed by atoms with van der Waals surface area (Å²) in [6.45, 7) is 2.80. The summed E-state index contributed by atoms with van der Waals surface area (Å²) in [6.07, 6.45) is 0.0590. The summed E-state index contributed by atoms with van der Waals surface area (Å²) in [5.74, 6) is -0.289. The number of piperidine rings is 1. The van der Waals surface area contributed by atoms with Crippen molar-refractivity contribution in [2.24, 2.45) is 0 Å². The summed E-state index contributed by atoms with van der Waals surface area (Å²) in [6, 6.07) is 8.97. The Hall–Kier alpha value is -2.51. The van der Waals surface area contributed by atoms with Gasteiger partial charge in [0, 0.05) is 23.9 Å². The molecule has 1 aliphatic rings. The fraction of sp³-hybridized carbons (Fsp3) is 0.316. The van der Waals surface area contributed by atoms with Crippen molar-refractivity contribution in [1.82, 2.24) is 14.9 Å². The van der Waals surface area contributed by atoms with E-state index in [1.165, 1.54) is 10.4 Å². The molecule has 2 aromatic heterocycles. The molecular weight excluding hydrogens is 350 g/mol. The summed E-state index contributed by atoms with van der Waals surface area (Å²) in [5.41, 5.74) is 1.34. The van der Waals surface area contributed by atoms with Gasteiger partial charge in [0.2, 0.25) is 0 Å². The van der Waals surface area contributed by atoms with Crippen LogP contribution in [0.3, 0.4) is 0 Å². The van der Waals surface area contributed by atoms with E-state index < -0.39 is 6.10 Å². The molecule has 1 saturated heterocycles. The first-order valence-electron chi connectivity index (χ1n) is 8.55. The number of rotatable bonds is 2. The van der Waals surface area contributed by atoms with Gasteiger partial charge in [-0.1, -0.05) is 12.1 Å². The molecule has 1 aromatic carbocycles. The number of carbonyl (C=O) groups excluding carboxylic acids is 1. The van der Waals surface area contributed by atoms with Gasteiger partial charge in [0.1, 0.15) is 0 Å². The van der Waals surface area contributed by atoms with E-state index in [4.69, 9.17) is 0 Å². The summed E-state index contributed by atoms with van der Waals surface area (Å²) < 4.78 is 0. The van der Waals surface area contributed by atoms with Gasteiger partial charge in [0.15, 0.2) is 5.82 Å². The number of aryl methyl sites for hydroxylation is 1.